The van der Waals surface area contributed by atoms with Gasteiger partial charge in [0.15, 0.2) is 5.11 Å². The highest BCUT2D eigenvalue weighted by molar-refractivity contribution is 8.00. The molecule has 2 saturated heterocycles. The Hall–Kier alpha value is 0.0400. The smallest absolute Gasteiger partial charge is 0.170 e. The van der Waals surface area contributed by atoms with E-state index < -0.39 is 0 Å². The maximum absolute atomic E-state index is 5.37. The van der Waals surface area contributed by atoms with Gasteiger partial charge in [-0.15, -0.1) is 11.8 Å². The van der Waals surface area contributed by atoms with Crippen LogP contribution in [0.2, 0.25) is 0 Å². The van der Waals surface area contributed by atoms with E-state index in [2.05, 4.69) is 31.0 Å². The summed E-state index contributed by atoms with van der Waals surface area (Å²) in [7, 11) is 0. The summed E-state index contributed by atoms with van der Waals surface area (Å²) in [6.07, 6.45) is 1.16. The van der Waals surface area contributed by atoms with Gasteiger partial charge in [-0.2, -0.15) is 0 Å². The molecule has 0 aromatic rings. The van der Waals surface area contributed by atoms with Crippen molar-refractivity contribution in [3.63, 3.8) is 0 Å². The molecule has 2 heterocycles. The molecule has 0 spiro atoms. The van der Waals surface area contributed by atoms with Gasteiger partial charge in [0, 0.05) is 24.3 Å². The molecule has 13 heavy (non-hydrogen) atoms. The van der Waals surface area contributed by atoms with Crippen molar-refractivity contribution >= 4 is 29.1 Å². The quantitative estimate of drug-likeness (QED) is 0.621. The maximum atomic E-state index is 5.37. The van der Waals surface area contributed by atoms with E-state index in [-0.39, 0.29) is 10.4 Å². The normalized spacial score (nSPS) is 37.2. The molecule has 2 aliphatic rings. The zero-order valence-corrected chi connectivity index (χ0v) is 10.0. The van der Waals surface area contributed by atoms with Crippen molar-refractivity contribution in [2.75, 3.05) is 12.3 Å². The third-order valence-corrected chi connectivity index (χ3v) is 4.46. The van der Waals surface area contributed by atoms with E-state index in [1.165, 1.54) is 5.75 Å². The zero-order chi connectivity index (χ0) is 9.69. The minimum absolute atomic E-state index is 0.152. The monoisotopic (exact) mass is 216 g/mol. The van der Waals surface area contributed by atoms with Gasteiger partial charge >= 0.3 is 0 Å². The number of thioether (sulfide) groups is 1. The lowest BCUT2D eigenvalue weighted by Crippen LogP contribution is -2.63. The van der Waals surface area contributed by atoms with Gasteiger partial charge in [-0.3, -0.25) is 0 Å². The van der Waals surface area contributed by atoms with E-state index in [4.69, 9.17) is 12.2 Å². The molecule has 4 heteroatoms. The van der Waals surface area contributed by atoms with Gasteiger partial charge in [0.25, 0.3) is 0 Å². The number of nitrogens with zero attached hydrogens (tertiary/aromatic N) is 1. The molecule has 2 nitrogen and oxygen atoms in total. The van der Waals surface area contributed by atoms with Crippen LogP contribution in [0.5, 0.6) is 0 Å². The van der Waals surface area contributed by atoms with Gasteiger partial charge in [-0.25, -0.2) is 0 Å². The largest absolute Gasteiger partial charge is 0.358 e. The van der Waals surface area contributed by atoms with E-state index in [1.54, 1.807) is 0 Å². The number of hydrogen-bond donors (Lipinski definition) is 1. The summed E-state index contributed by atoms with van der Waals surface area (Å²) >= 11 is 7.40. The first-order valence-electron chi connectivity index (χ1n) is 4.67. The summed E-state index contributed by atoms with van der Waals surface area (Å²) in [6, 6.07) is 0. The molecule has 0 aromatic carbocycles. The lowest BCUT2D eigenvalue weighted by atomic mass is 9.92. The maximum Gasteiger partial charge on any atom is 0.170 e. The minimum atomic E-state index is 0.152. The predicted molar refractivity (Wildman–Crippen MR) is 62.0 cm³/mol. The second-order valence-electron chi connectivity index (χ2n) is 4.67. The average Bonchev–Trinajstić information content (AvgIpc) is 2.26. The molecule has 74 valence electrons. The number of hydrogen-bond acceptors (Lipinski definition) is 2. The Morgan fingerprint density at radius 2 is 2.15 bits per heavy atom. The van der Waals surface area contributed by atoms with Crippen LogP contribution in [0.1, 0.15) is 27.2 Å². The molecule has 0 saturated carbocycles. The van der Waals surface area contributed by atoms with Crippen molar-refractivity contribution in [2.24, 2.45) is 0 Å². The summed E-state index contributed by atoms with van der Waals surface area (Å²) in [5.41, 5.74) is 0.152. The minimum Gasteiger partial charge on any atom is -0.358 e. The highest BCUT2D eigenvalue weighted by Crippen LogP contribution is 2.43. The predicted octanol–water partition coefficient (Wildman–Crippen LogP) is 1.81. The molecule has 0 amide bonds. The lowest BCUT2D eigenvalue weighted by Gasteiger charge is -2.48. The average molecular weight is 216 g/mol. The zero-order valence-electron chi connectivity index (χ0n) is 8.39. The van der Waals surface area contributed by atoms with Gasteiger partial charge in [0.05, 0.1) is 4.87 Å². The van der Waals surface area contributed by atoms with E-state index in [0.29, 0.717) is 0 Å². The van der Waals surface area contributed by atoms with Crippen molar-refractivity contribution in [2.45, 2.75) is 37.6 Å². The molecule has 2 aliphatic heterocycles. The lowest BCUT2D eigenvalue weighted by molar-refractivity contribution is 0.206. The number of thiocarbonyl (C=S) groups is 1. The molecule has 1 unspecified atom stereocenters. The first kappa shape index (κ1) is 9.59. The van der Waals surface area contributed by atoms with Crippen LogP contribution in [0.3, 0.4) is 0 Å². The van der Waals surface area contributed by atoms with Crippen LogP contribution < -0.4 is 5.32 Å². The molecule has 0 aromatic heterocycles. The van der Waals surface area contributed by atoms with Crippen molar-refractivity contribution in [1.29, 1.82) is 0 Å². The second-order valence-corrected chi connectivity index (χ2v) is 6.63. The third-order valence-electron chi connectivity index (χ3n) is 2.76. The number of fused-ring (bicyclic) bond motifs is 1. The van der Waals surface area contributed by atoms with Crippen LogP contribution in [0, 0.1) is 0 Å². The van der Waals surface area contributed by atoms with Crippen molar-refractivity contribution in [3.05, 3.63) is 0 Å². The summed E-state index contributed by atoms with van der Waals surface area (Å²) in [6.45, 7) is 7.85. The van der Waals surface area contributed by atoms with Gasteiger partial charge in [0.2, 0.25) is 0 Å². The summed E-state index contributed by atoms with van der Waals surface area (Å²) in [5, 5.41) is 4.33. The van der Waals surface area contributed by atoms with Crippen LogP contribution >= 0.6 is 24.0 Å². The summed E-state index contributed by atoms with van der Waals surface area (Å²) < 4.78 is 0. The molecule has 2 fully saturated rings. The fraction of sp³-hybridized carbons (Fsp3) is 0.889. The Balaban J connectivity index is 2.27. The Bertz CT molecular complexity index is 252. The summed E-state index contributed by atoms with van der Waals surface area (Å²) in [4.78, 5) is 2.57. The van der Waals surface area contributed by atoms with E-state index in [9.17, 15) is 0 Å². The first-order chi connectivity index (χ1) is 5.93. The highest BCUT2D eigenvalue weighted by atomic mass is 32.2. The fourth-order valence-electron chi connectivity index (χ4n) is 2.36. The van der Waals surface area contributed by atoms with Crippen LogP contribution in [0.25, 0.3) is 0 Å². The highest BCUT2D eigenvalue weighted by Gasteiger charge is 2.47. The van der Waals surface area contributed by atoms with Crippen LogP contribution in [-0.2, 0) is 0 Å². The van der Waals surface area contributed by atoms with E-state index in [1.807, 2.05) is 11.8 Å². The van der Waals surface area contributed by atoms with Gasteiger partial charge < -0.3 is 10.2 Å². The molecule has 0 radical (unpaired) electrons. The van der Waals surface area contributed by atoms with Crippen molar-refractivity contribution in [3.8, 4) is 0 Å². The molecule has 2 rings (SSSR count). The van der Waals surface area contributed by atoms with Crippen LogP contribution in [0.4, 0.5) is 0 Å². The Kier molecular flexibility index (Phi) is 2.04. The van der Waals surface area contributed by atoms with Crippen LogP contribution in [0.15, 0.2) is 0 Å². The third kappa shape index (κ3) is 1.54. The fourth-order valence-corrected chi connectivity index (χ4v) is 4.50. The first-order valence-corrected chi connectivity index (χ1v) is 6.06. The topological polar surface area (TPSA) is 15.3 Å². The molecular formula is C9H16N2S2. The van der Waals surface area contributed by atoms with Crippen molar-refractivity contribution < 1.29 is 0 Å². The van der Waals surface area contributed by atoms with Crippen LogP contribution in [-0.4, -0.2) is 32.7 Å². The Morgan fingerprint density at radius 1 is 1.46 bits per heavy atom. The summed E-state index contributed by atoms with van der Waals surface area (Å²) in [5.74, 6) is 1.20. The van der Waals surface area contributed by atoms with Gasteiger partial charge in [-0.1, -0.05) is 0 Å². The van der Waals surface area contributed by atoms with Gasteiger partial charge in [-0.05, 0) is 33.0 Å². The van der Waals surface area contributed by atoms with E-state index in [0.717, 1.165) is 18.1 Å². The molecule has 1 atom stereocenters. The van der Waals surface area contributed by atoms with Crippen molar-refractivity contribution in [1.82, 2.24) is 10.2 Å². The second kappa shape index (κ2) is 2.76. The van der Waals surface area contributed by atoms with Gasteiger partial charge in [0.1, 0.15) is 0 Å². The Labute approximate surface area is 89.4 Å². The molecule has 0 aliphatic carbocycles. The SMILES string of the molecule is CC1(C)CC2(C)SCCN2C(=S)N1. The standard InChI is InChI=1S/C9H16N2S2/c1-8(2)6-9(3)11(4-5-13-9)7(12)10-8/h4-6H2,1-3H3,(H,10,12). The molecular weight excluding hydrogens is 200 g/mol. The molecule has 1 N–H and O–H groups in total. The van der Waals surface area contributed by atoms with E-state index >= 15 is 0 Å². The number of rotatable bonds is 0. The number of nitrogens with one attached hydrogen (secondary N) is 1. The Morgan fingerprint density at radius 3 is 2.85 bits per heavy atom. The molecule has 0 bridgehead atoms.